The Morgan fingerprint density at radius 3 is 2.42 bits per heavy atom. The van der Waals surface area contributed by atoms with Crippen molar-refractivity contribution >= 4 is 16.6 Å². The molecular weight excluding hydrogens is 393 g/mol. The van der Waals surface area contributed by atoms with Crippen LogP contribution in [0.5, 0.6) is 5.75 Å². The van der Waals surface area contributed by atoms with Gasteiger partial charge in [0.05, 0.1) is 11.2 Å². The van der Waals surface area contributed by atoms with E-state index in [0.29, 0.717) is 24.8 Å². The van der Waals surface area contributed by atoms with Gasteiger partial charge in [-0.25, -0.2) is 4.39 Å². The number of aryl methyl sites for hydroxylation is 1. The minimum atomic E-state index is -0.283. The van der Waals surface area contributed by atoms with Crippen molar-refractivity contribution in [3.63, 3.8) is 0 Å². The van der Waals surface area contributed by atoms with Crippen molar-refractivity contribution in [2.45, 2.75) is 37.7 Å². The van der Waals surface area contributed by atoms with Crippen LogP contribution in [-0.4, -0.2) is 23.8 Å². The maximum absolute atomic E-state index is 13.1. The van der Waals surface area contributed by atoms with E-state index in [0.717, 1.165) is 29.4 Å². The average molecular weight is 417 g/mol. The van der Waals surface area contributed by atoms with E-state index in [1.165, 1.54) is 30.5 Å². The molecule has 0 atom stereocenters. The molecule has 1 aliphatic heterocycles. The van der Waals surface area contributed by atoms with Crippen LogP contribution in [0.1, 0.15) is 42.7 Å². The number of piperidine rings is 1. The van der Waals surface area contributed by atoms with E-state index in [4.69, 9.17) is 4.74 Å². The summed E-state index contributed by atoms with van der Waals surface area (Å²) in [5.74, 6) is 0.967. The highest BCUT2D eigenvalue weighted by atomic mass is 19.1. The monoisotopic (exact) mass is 417 g/mol. The van der Waals surface area contributed by atoms with Crippen molar-refractivity contribution in [3.8, 4) is 11.8 Å². The van der Waals surface area contributed by atoms with Crippen LogP contribution in [0.25, 0.3) is 10.9 Å². The van der Waals surface area contributed by atoms with E-state index in [-0.39, 0.29) is 23.0 Å². The zero-order valence-corrected chi connectivity index (χ0v) is 17.5. The predicted octanol–water partition coefficient (Wildman–Crippen LogP) is 4.47. The van der Waals surface area contributed by atoms with Crippen molar-refractivity contribution in [2.75, 3.05) is 18.0 Å². The summed E-state index contributed by atoms with van der Waals surface area (Å²) in [6.07, 6.45) is 3.95. The van der Waals surface area contributed by atoms with Gasteiger partial charge in [0.2, 0.25) is 0 Å². The molecular formula is C25H24FN3O2. The molecule has 1 saturated carbocycles. The molecule has 158 valence electrons. The Labute approximate surface area is 180 Å². The van der Waals surface area contributed by atoms with Crippen LogP contribution >= 0.6 is 0 Å². The summed E-state index contributed by atoms with van der Waals surface area (Å²) in [5, 5.41) is 10.8. The van der Waals surface area contributed by atoms with Gasteiger partial charge in [0.1, 0.15) is 29.3 Å². The molecule has 1 aliphatic carbocycles. The number of pyridine rings is 1. The highest BCUT2D eigenvalue weighted by Gasteiger charge is 2.28. The largest absolute Gasteiger partial charge is 0.490 e. The van der Waals surface area contributed by atoms with Gasteiger partial charge in [-0.1, -0.05) is 6.07 Å². The Hall–Kier alpha value is -3.33. The lowest BCUT2D eigenvalue weighted by atomic mass is 10.00. The zero-order chi connectivity index (χ0) is 21.5. The molecule has 3 aromatic rings. The van der Waals surface area contributed by atoms with E-state index in [9.17, 15) is 14.4 Å². The maximum atomic E-state index is 13.1. The van der Waals surface area contributed by atoms with Gasteiger partial charge in [0, 0.05) is 38.4 Å². The van der Waals surface area contributed by atoms with Crippen LogP contribution in [0.3, 0.4) is 0 Å². The summed E-state index contributed by atoms with van der Waals surface area (Å²) in [6, 6.07) is 14.5. The van der Waals surface area contributed by atoms with Gasteiger partial charge < -0.3 is 14.2 Å². The molecule has 0 spiro atoms. The zero-order valence-electron chi connectivity index (χ0n) is 17.5. The van der Waals surface area contributed by atoms with E-state index in [2.05, 4.69) is 23.1 Å². The minimum absolute atomic E-state index is 0.0204. The number of halogens is 1. The number of benzene rings is 2. The van der Waals surface area contributed by atoms with Crippen molar-refractivity contribution in [2.24, 2.45) is 7.05 Å². The standard InChI is InChI=1S/C25H24FN3O2/c1-28-23-9-4-17(16-2-3-16)14-21(23)24(22(15-27)25(28)30)29-12-10-20(11-13-29)31-19-7-5-18(26)6-8-19/h4-9,14,16,20H,2-3,10-13H2,1H3. The second kappa shape index (κ2) is 7.73. The normalized spacial score (nSPS) is 17.0. The third kappa shape index (κ3) is 3.65. The number of hydrogen-bond acceptors (Lipinski definition) is 4. The van der Waals surface area contributed by atoms with Crippen LogP contribution in [0.15, 0.2) is 47.3 Å². The summed E-state index contributed by atoms with van der Waals surface area (Å²) in [6.45, 7) is 1.38. The first-order valence-corrected chi connectivity index (χ1v) is 10.8. The first-order valence-electron chi connectivity index (χ1n) is 10.8. The Morgan fingerprint density at radius 1 is 1.06 bits per heavy atom. The molecule has 2 aromatic carbocycles. The fourth-order valence-corrected chi connectivity index (χ4v) is 4.55. The van der Waals surface area contributed by atoms with Crippen molar-refractivity contribution < 1.29 is 9.13 Å². The Morgan fingerprint density at radius 2 is 1.77 bits per heavy atom. The molecule has 31 heavy (non-hydrogen) atoms. The number of rotatable bonds is 4. The van der Waals surface area contributed by atoms with Crippen LogP contribution in [0, 0.1) is 17.1 Å². The lowest BCUT2D eigenvalue weighted by molar-refractivity contribution is 0.171. The fraction of sp³-hybridized carbons (Fsp3) is 0.360. The topological polar surface area (TPSA) is 58.3 Å². The smallest absolute Gasteiger partial charge is 0.270 e. The number of hydrogen-bond donors (Lipinski definition) is 0. The third-order valence-corrected chi connectivity index (χ3v) is 6.43. The number of anilines is 1. The molecule has 6 heteroatoms. The number of fused-ring (bicyclic) bond motifs is 1. The molecule has 0 radical (unpaired) electrons. The first-order chi connectivity index (χ1) is 15.0. The molecule has 2 fully saturated rings. The Kier molecular flexibility index (Phi) is 4.90. The highest BCUT2D eigenvalue weighted by molar-refractivity contribution is 5.95. The van der Waals surface area contributed by atoms with Crippen LogP contribution < -0.4 is 15.2 Å². The number of nitrogens with zero attached hydrogens (tertiary/aromatic N) is 3. The van der Waals surface area contributed by atoms with E-state index in [1.54, 1.807) is 23.7 Å². The van der Waals surface area contributed by atoms with E-state index >= 15 is 0 Å². The van der Waals surface area contributed by atoms with Crippen LogP contribution in [0.4, 0.5) is 10.1 Å². The molecule has 5 rings (SSSR count). The Balaban J connectivity index is 1.46. The maximum Gasteiger partial charge on any atom is 0.270 e. The summed E-state index contributed by atoms with van der Waals surface area (Å²) in [7, 11) is 1.73. The van der Waals surface area contributed by atoms with Gasteiger partial charge >= 0.3 is 0 Å². The predicted molar refractivity (Wildman–Crippen MR) is 118 cm³/mol. The molecule has 1 aromatic heterocycles. The molecule has 0 unspecified atom stereocenters. The number of nitriles is 1. The summed E-state index contributed by atoms with van der Waals surface area (Å²) < 4.78 is 20.7. The van der Waals surface area contributed by atoms with Gasteiger partial charge in [-0.05, 0) is 60.7 Å². The van der Waals surface area contributed by atoms with Gasteiger partial charge in [-0.15, -0.1) is 0 Å². The molecule has 1 saturated heterocycles. The fourth-order valence-electron chi connectivity index (χ4n) is 4.55. The lowest BCUT2D eigenvalue weighted by Gasteiger charge is -2.35. The minimum Gasteiger partial charge on any atom is -0.490 e. The third-order valence-electron chi connectivity index (χ3n) is 6.43. The number of aromatic nitrogens is 1. The molecule has 0 N–H and O–H groups in total. The second-order valence-corrected chi connectivity index (χ2v) is 8.51. The van der Waals surface area contributed by atoms with Crippen LogP contribution in [0.2, 0.25) is 0 Å². The highest BCUT2D eigenvalue weighted by Crippen LogP contribution is 2.42. The summed E-state index contributed by atoms with van der Waals surface area (Å²) in [5.41, 5.74) is 2.84. The summed E-state index contributed by atoms with van der Waals surface area (Å²) >= 11 is 0. The molecule has 0 bridgehead atoms. The van der Waals surface area contributed by atoms with Gasteiger partial charge in [-0.2, -0.15) is 5.26 Å². The average Bonchev–Trinajstić information content (AvgIpc) is 3.63. The van der Waals surface area contributed by atoms with Crippen molar-refractivity contribution in [3.05, 3.63) is 69.8 Å². The molecule has 2 aliphatic rings. The summed E-state index contributed by atoms with van der Waals surface area (Å²) in [4.78, 5) is 15.1. The second-order valence-electron chi connectivity index (χ2n) is 8.51. The van der Waals surface area contributed by atoms with Gasteiger partial charge in [0.15, 0.2) is 0 Å². The quantitative estimate of drug-likeness (QED) is 0.628. The van der Waals surface area contributed by atoms with Gasteiger partial charge in [-0.3, -0.25) is 4.79 Å². The van der Waals surface area contributed by atoms with E-state index < -0.39 is 0 Å². The van der Waals surface area contributed by atoms with Gasteiger partial charge in [0.25, 0.3) is 5.56 Å². The Bertz CT molecular complexity index is 1230. The molecule has 2 heterocycles. The van der Waals surface area contributed by atoms with E-state index in [1.807, 2.05) is 6.07 Å². The lowest BCUT2D eigenvalue weighted by Crippen LogP contribution is -2.40. The molecule has 5 nitrogen and oxygen atoms in total. The SMILES string of the molecule is Cn1c(=O)c(C#N)c(N2CCC(Oc3ccc(F)cc3)CC2)c2cc(C3CC3)ccc21. The number of ether oxygens (including phenoxy) is 1. The van der Waals surface area contributed by atoms with Crippen molar-refractivity contribution in [1.29, 1.82) is 5.26 Å². The first kappa shape index (κ1) is 19.6. The van der Waals surface area contributed by atoms with Crippen LogP contribution in [-0.2, 0) is 7.05 Å². The van der Waals surface area contributed by atoms with Crippen molar-refractivity contribution in [1.82, 2.24) is 4.57 Å². The molecule has 0 amide bonds.